The van der Waals surface area contributed by atoms with Crippen LogP contribution in [0.5, 0.6) is 0 Å². The molecule has 0 aromatic heterocycles. The monoisotopic (exact) mass is 298 g/mol. The van der Waals surface area contributed by atoms with Gasteiger partial charge in [-0.05, 0) is 38.5 Å². The molecule has 2 rings (SSSR count). The fraction of sp³-hybridized carbons (Fsp3) is 0.867. The molecule has 0 radical (unpaired) electrons. The molecule has 2 aliphatic rings. The van der Waals surface area contributed by atoms with Gasteiger partial charge in [-0.1, -0.05) is 0 Å². The average molecular weight is 298 g/mol. The van der Waals surface area contributed by atoms with E-state index in [1.807, 2.05) is 4.90 Å². The second-order valence-corrected chi connectivity index (χ2v) is 6.52. The molecule has 6 heteroatoms. The molecule has 2 aliphatic heterocycles. The van der Waals surface area contributed by atoms with Gasteiger partial charge < -0.3 is 19.6 Å². The van der Waals surface area contributed by atoms with Crippen LogP contribution >= 0.6 is 0 Å². The summed E-state index contributed by atoms with van der Waals surface area (Å²) in [6.07, 6.45) is 3.04. The van der Waals surface area contributed by atoms with Gasteiger partial charge in [0.25, 0.3) is 0 Å². The summed E-state index contributed by atoms with van der Waals surface area (Å²) in [5.41, 5.74) is -0.678. The number of hydrogen-bond acceptors (Lipinski definition) is 3. The number of carboxylic acid groups (broad SMARTS) is 1. The number of urea groups is 1. The zero-order valence-electron chi connectivity index (χ0n) is 13.0. The third-order valence-electron chi connectivity index (χ3n) is 4.94. The van der Waals surface area contributed by atoms with E-state index in [1.165, 1.54) is 0 Å². The Morgan fingerprint density at radius 1 is 1.14 bits per heavy atom. The third kappa shape index (κ3) is 3.67. The molecule has 0 aliphatic carbocycles. The maximum atomic E-state index is 12.5. The van der Waals surface area contributed by atoms with Crippen molar-refractivity contribution >= 4 is 12.0 Å². The number of hydrogen-bond donors (Lipinski definition) is 1. The lowest BCUT2D eigenvalue weighted by Gasteiger charge is -2.40. The van der Waals surface area contributed by atoms with Gasteiger partial charge in [-0.2, -0.15) is 0 Å². The number of carbonyl (C=O) groups excluding carboxylic acids is 1. The summed E-state index contributed by atoms with van der Waals surface area (Å²) in [4.78, 5) is 27.4. The van der Waals surface area contributed by atoms with E-state index in [2.05, 4.69) is 0 Å². The second kappa shape index (κ2) is 6.64. The van der Waals surface area contributed by atoms with E-state index in [-0.39, 0.29) is 6.03 Å². The molecule has 0 unspecified atom stereocenters. The van der Waals surface area contributed by atoms with Crippen molar-refractivity contribution in [2.24, 2.45) is 11.3 Å². The van der Waals surface area contributed by atoms with Crippen molar-refractivity contribution in [3.8, 4) is 0 Å². The van der Waals surface area contributed by atoms with Crippen LogP contribution in [0.25, 0.3) is 0 Å². The van der Waals surface area contributed by atoms with Crippen LogP contribution in [0.1, 0.15) is 32.6 Å². The number of nitrogens with zero attached hydrogens (tertiary/aromatic N) is 2. The van der Waals surface area contributed by atoms with Gasteiger partial charge in [0, 0.05) is 39.9 Å². The summed E-state index contributed by atoms with van der Waals surface area (Å²) in [5.74, 6) is -0.203. The smallest absolute Gasteiger partial charge is 0.319 e. The lowest BCUT2D eigenvalue weighted by molar-refractivity contribution is -0.150. The van der Waals surface area contributed by atoms with E-state index in [4.69, 9.17) is 4.74 Å². The molecular weight excluding hydrogens is 272 g/mol. The molecule has 21 heavy (non-hydrogen) atoms. The first-order valence-corrected chi connectivity index (χ1v) is 7.72. The number of carboxylic acids is 1. The van der Waals surface area contributed by atoms with Crippen LogP contribution < -0.4 is 0 Å². The highest BCUT2D eigenvalue weighted by Crippen LogP contribution is 2.31. The lowest BCUT2D eigenvalue weighted by Crippen LogP contribution is -2.51. The van der Waals surface area contributed by atoms with E-state index < -0.39 is 11.4 Å². The molecule has 2 heterocycles. The number of rotatable bonds is 3. The predicted molar refractivity (Wildman–Crippen MR) is 78.1 cm³/mol. The van der Waals surface area contributed by atoms with Crippen LogP contribution in [0.3, 0.4) is 0 Å². The summed E-state index contributed by atoms with van der Waals surface area (Å²) >= 11 is 0. The van der Waals surface area contributed by atoms with Crippen molar-refractivity contribution in [3.05, 3.63) is 0 Å². The minimum Gasteiger partial charge on any atom is -0.481 e. The van der Waals surface area contributed by atoms with E-state index >= 15 is 0 Å². The summed E-state index contributed by atoms with van der Waals surface area (Å²) < 4.78 is 5.17. The zero-order chi connectivity index (χ0) is 15.5. The van der Waals surface area contributed by atoms with Crippen molar-refractivity contribution < 1.29 is 19.4 Å². The third-order valence-corrected chi connectivity index (χ3v) is 4.94. The zero-order valence-corrected chi connectivity index (χ0v) is 13.0. The molecule has 0 atom stereocenters. The maximum Gasteiger partial charge on any atom is 0.319 e. The van der Waals surface area contributed by atoms with E-state index in [1.54, 1.807) is 18.9 Å². The lowest BCUT2D eigenvalue weighted by atomic mass is 9.80. The first-order chi connectivity index (χ1) is 9.96. The SMILES string of the molecule is COCC1CCN(C(=O)N2CCC(C)(C(=O)O)CC2)CC1. The Balaban J connectivity index is 1.82. The number of carbonyl (C=O) groups is 2. The van der Waals surface area contributed by atoms with Gasteiger partial charge in [-0.25, -0.2) is 4.79 Å². The predicted octanol–water partition coefficient (Wildman–Crippen LogP) is 1.65. The van der Waals surface area contributed by atoms with Gasteiger partial charge >= 0.3 is 12.0 Å². The van der Waals surface area contributed by atoms with Crippen LogP contribution in [0.2, 0.25) is 0 Å². The first kappa shape index (κ1) is 16.1. The number of amides is 2. The van der Waals surface area contributed by atoms with Crippen molar-refractivity contribution in [3.63, 3.8) is 0 Å². The molecule has 2 saturated heterocycles. The fourth-order valence-electron chi connectivity index (χ4n) is 3.13. The van der Waals surface area contributed by atoms with Gasteiger partial charge in [0.15, 0.2) is 0 Å². The van der Waals surface area contributed by atoms with Gasteiger partial charge in [0.1, 0.15) is 0 Å². The van der Waals surface area contributed by atoms with Gasteiger partial charge in [0.2, 0.25) is 0 Å². The molecule has 0 aromatic rings. The van der Waals surface area contributed by atoms with E-state index in [0.29, 0.717) is 31.8 Å². The molecule has 120 valence electrons. The maximum absolute atomic E-state index is 12.5. The number of ether oxygens (including phenoxy) is 1. The minimum atomic E-state index is -0.755. The fourth-order valence-corrected chi connectivity index (χ4v) is 3.13. The van der Waals surface area contributed by atoms with Gasteiger partial charge in [0.05, 0.1) is 5.41 Å². The standard InChI is InChI=1S/C15H26N2O4/c1-15(13(18)19)5-9-17(10-6-15)14(20)16-7-3-12(4-8-16)11-21-2/h12H,3-11H2,1-2H3,(H,18,19). The first-order valence-electron chi connectivity index (χ1n) is 7.72. The topological polar surface area (TPSA) is 70.1 Å². The molecule has 0 aromatic carbocycles. The number of piperidine rings is 2. The quantitative estimate of drug-likeness (QED) is 0.860. The van der Waals surface area contributed by atoms with Gasteiger partial charge in [-0.15, -0.1) is 0 Å². The Bertz CT molecular complexity index is 383. The molecule has 2 fully saturated rings. The molecule has 2 amide bonds. The molecular formula is C15H26N2O4. The summed E-state index contributed by atoms with van der Waals surface area (Å²) in [6.45, 7) is 5.18. The van der Waals surface area contributed by atoms with Crippen LogP contribution in [-0.4, -0.2) is 66.8 Å². The Labute approximate surface area is 126 Å². The summed E-state index contributed by atoms with van der Waals surface area (Å²) in [6, 6.07) is 0.0679. The number of methoxy groups -OCH3 is 1. The highest BCUT2D eigenvalue weighted by Gasteiger charge is 2.39. The summed E-state index contributed by atoms with van der Waals surface area (Å²) in [5, 5.41) is 9.23. The minimum absolute atomic E-state index is 0.0679. The molecule has 0 bridgehead atoms. The molecule has 0 spiro atoms. The normalized spacial score (nSPS) is 23.1. The highest BCUT2D eigenvalue weighted by atomic mass is 16.5. The Morgan fingerprint density at radius 3 is 2.14 bits per heavy atom. The van der Waals surface area contributed by atoms with Crippen LogP contribution in [-0.2, 0) is 9.53 Å². The average Bonchev–Trinajstić information content (AvgIpc) is 2.48. The van der Waals surface area contributed by atoms with Crippen LogP contribution in [0.15, 0.2) is 0 Å². The van der Waals surface area contributed by atoms with Crippen LogP contribution in [0.4, 0.5) is 4.79 Å². The molecule has 6 nitrogen and oxygen atoms in total. The number of likely N-dealkylation sites (tertiary alicyclic amines) is 2. The van der Waals surface area contributed by atoms with Crippen molar-refractivity contribution in [2.75, 3.05) is 39.9 Å². The largest absolute Gasteiger partial charge is 0.481 e. The van der Waals surface area contributed by atoms with E-state index in [9.17, 15) is 14.7 Å². The van der Waals surface area contributed by atoms with Crippen molar-refractivity contribution in [1.29, 1.82) is 0 Å². The highest BCUT2D eigenvalue weighted by molar-refractivity contribution is 5.77. The molecule has 0 saturated carbocycles. The van der Waals surface area contributed by atoms with Crippen molar-refractivity contribution in [1.82, 2.24) is 9.80 Å². The Morgan fingerprint density at radius 2 is 1.67 bits per heavy atom. The Hall–Kier alpha value is -1.30. The van der Waals surface area contributed by atoms with Gasteiger partial charge in [-0.3, -0.25) is 4.79 Å². The Kier molecular flexibility index (Phi) is 5.08. The molecule has 1 N–H and O–H groups in total. The van der Waals surface area contributed by atoms with Crippen molar-refractivity contribution in [2.45, 2.75) is 32.6 Å². The second-order valence-electron chi connectivity index (χ2n) is 6.52. The summed E-state index contributed by atoms with van der Waals surface area (Å²) in [7, 11) is 1.71. The number of aliphatic carboxylic acids is 1. The van der Waals surface area contributed by atoms with E-state index in [0.717, 1.165) is 32.5 Å². The van der Waals surface area contributed by atoms with Crippen LogP contribution in [0, 0.1) is 11.3 Å².